The summed E-state index contributed by atoms with van der Waals surface area (Å²) in [7, 11) is -3.50. The molecule has 3 aromatic rings. The molecular formula is C30H35N3O5S2. The standard InChI is InChI=1S/C30H35N3O5S2/c1-3-38-30(35)27-25-6-4-5-7-26(25)39-29(27)31-28(34)23-12-10-22(11-13-23)20-32-16-18-33(19-17-32)40(36,37)24-14-8-21(2)9-15-24/h8-15H,3-7,16-20H2,1-2H3,(H,31,34). The Morgan fingerprint density at radius 1 is 0.950 bits per heavy atom. The number of esters is 1. The number of carbonyl (C=O) groups excluding carboxylic acids is 2. The summed E-state index contributed by atoms with van der Waals surface area (Å²) >= 11 is 1.48. The first-order chi connectivity index (χ1) is 19.3. The van der Waals surface area contributed by atoms with Crippen LogP contribution >= 0.6 is 11.3 Å². The number of aryl methyl sites for hydroxylation is 2. The molecule has 2 aliphatic rings. The molecule has 0 spiro atoms. The Hall–Kier alpha value is -3.05. The zero-order valence-electron chi connectivity index (χ0n) is 22.9. The molecule has 2 heterocycles. The lowest BCUT2D eigenvalue weighted by molar-refractivity contribution is 0.0526. The van der Waals surface area contributed by atoms with Gasteiger partial charge in [0.25, 0.3) is 5.91 Å². The van der Waals surface area contributed by atoms with Gasteiger partial charge in [0.15, 0.2) is 0 Å². The molecule has 1 aromatic heterocycles. The van der Waals surface area contributed by atoms with Gasteiger partial charge in [-0.3, -0.25) is 9.69 Å². The summed E-state index contributed by atoms with van der Waals surface area (Å²) in [5.41, 5.74) is 4.12. The average molecular weight is 582 g/mol. The number of fused-ring (bicyclic) bond motifs is 1. The Morgan fingerprint density at radius 3 is 2.30 bits per heavy atom. The van der Waals surface area contributed by atoms with E-state index in [1.54, 1.807) is 35.5 Å². The Kier molecular flexibility index (Phi) is 8.70. The number of hydrogen-bond acceptors (Lipinski definition) is 7. The summed E-state index contributed by atoms with van der Waals surface area (Å²) in [5, 5.41) is 3.53. The molecule has 5 rings (SSSR count). The van der Waals surface area contributed by atoms with Crippen molar-refractivity contribution in [2.45, 2.75) is 51.0 Å². The number of nitrogens with one attached hydrogen (secondary N) is 1. The highest BCUT2D eigenvalue weighted by atomic mass is 32.2. The van der Waals surface area contributed by atoms with Crippen molar-refractivity contribution in [2.75, 3.05) is 38.1 Å². The molecule has 1 fully saturated rings. The summed E-state index contributed by atoms with van der Waals surface area (Å²) in [6.45, 7) is 6.81. The van der Waals surface area contributed by atoms with Gasteiger partial charge in [0.2, 0.25) is 10.0 Å². The van der Waals surface area contributed by atoms with Crippen molar-refractivity contribution >= 4 is 38.2 Å². The lowest BCUT2D eigenvalue weighted by Crippen LogP contribution is -2.48. The molecule has 1 saturated heterocycles. The first kappa shape index (κ1) is 28.5. The second kappa shape index (κ2) is 12.2. The van der Waals surface area contributed by atoms with E-state index < -0.39 is 10.0 Å². The maximum atomic E-state index is 13.1. The molecule has 0 unspecified atom stereocenters. The van der Waals surface area contributed by atoms with Gasteiger partial charge in [-0.2, -0.15) is 4.31 Å². The first-order valence-electron chi connectivity index (χ1n) is 13.8. The zero-order chi connectivity index (χ0) is 28.3. The molecule has 8 nitrogen and oxygen atoms in total. The third kappa shape index (κ3) is 6.15. The minimum atomic E-state index is -3.50. The van der Waals surface area contributed by atoms with Crippen LogP contribution in [-0.2, 0) is 34.1 Å². The summed E-state index contributed by atoms with van der Waals surface area (Å²) in [6, 6.07) is 14.4. The van der Waals surface area contributed by atoms with E-state index in [1.165, 1.54) is 11.3 Å². The zero-order valence-corrected chi connectivity index (χ0v) is 24.6. The molecule has 0 atom stereocenters. The van der Waals surface area contributed by atoms with Crippen LogP contribution in [0.1, 0.15) is 62.0 Å². The number of anilines is 1. The molecule has 212 valence electrons. The number of amides is 1. The van der Waals surface area contributed by atoms with Crippen LogP contribution < -0.4 is 5.32 Å². The van der Waals surface area contributed by atoms with Crippen LogP contribution in [-0.4, -0.2) is 62.3 Å². The summed E-state index contributed by atoms with van der Waals surface area (Å²) in [4.78, 5) is 29.5. The van der Waals surface area contributed by atoms with Gasteiger partial charge in [-0.05, 0) is 74.9 Å². The molecule has 0 radical (unpaired) electrons. The Morgan fingerprint density at radius 2 is 1.62 bits per heavy atom. The Balaban J connectivity index is 1.19. The fourth-order valence-corrected chi connectivity index (χ4v) is 7.95. The second-order valence-electron chi connectivity index (χ2n) is 10.3. The van der Waals surface area contributed by atoms with E-state index in [-0.39, 0.29) is 18.5 Å². The van der Waals surface area contributed by atoms with Crippen molar-refractivity contribution in [1.29, 1.82) is 0 Å². The van der Waals surface area contributed by atoms with Gasteiger partial charge in [-0.15, -0.1) is 11.3 Å². The highest BCUT2D eigenvalue weighted by Gasteiger charge is 2.29. The first-order valence-corrected chi connectivity index (χ1v) is 16.0. The van der Waals surface area contributed by atoms with Gasteiger partial charge < -0.3 is 10.1 Å². The smallest absolute Gasteiger partial charge is 0.341 e. The lowest BCUT2D eigenvalue weighted by atomic mass is 9.95. The number of thiophene rings is 1. The minimum absolute atomic E-state index is 0.259. The Bertz CT molecular complexity index is 1470. The molecule has 2 aromatic carbocycles. The van der Waals surface area contributed by atoms with E-state index in [9.17, 15) is 18.0 Å². The molecule has 0 bridgehead atoms. The minimum Gasteiger partial charge on any atom is -0.462 e. The highest BCUT2D eigenvalue weighted by molar-refractivity contribution is 7.89. The van der Waals surface area contributed by atoms with Crippen LogP contribution in [0.25, 0.3) is 0 Å². The molecule has 0 saturated carbocycles. The van der Waals surface area contributed by atoms with Crippen LogP contribution in [0.15, 0.2) is 53.4 Å². The lowest BCUT2D eigenvalue weighted by Gasteiger charge is -2.34. The fraction of sp³-hybridized carbons (Fsp3) is 0.400. The van der Waals surface area contributed by atoms with Gasteiger partial charge in [0.05, 0.1) is 17.1 Å². The maximum Gasteiger partial charge on any atom is 0.341 e. The molecule has 1 aliphatic carbocycles. The predicted octanol–water partition coefficient (Wildman–Crippen LogP) is 4.87. The van der Waals surface area contributed by atoms with Crippen molar-refractivity contribution in [3.05, 3.63) is 81.2 Å². The van der Waals surface area contributed by atoms with Gasteiger partial charge in [-0.25, -0.2) is 13.2 Å². The van der Waals surface area contributed by atoms with Crippen LogP contribution in [0.2, 0.25) is 0 Å². The number of piperazine rings is 1. The number of benzene rings is 2. The summed E-state index contributed by atoms with van der Waals surface area (Å²) in [5.74, 6) is -0.634. The number of ether oxygens (including phenoxy) is 1. The molecular weight excluding hydrogens is 546 g/mol. The number of hydrogen-bond donors (Lipinski definition) is 1. The normalized spacial score (nSPS) is 16.4. The summed E-state index contributed by atoms with van der Waals surface area (Å²) in [6.07, 6.45) is 3.87. The van der Waals surface area contributed by atoms with Crippen molar-refractivity contribution in [3.63, 3.8) is 0 Å². The molecule has 1 aliphatic heterocycles. The number of rotatable bonds is 8. The van der Waals surface area contributed by atoms with Gasteiger partial charge in [0.1, 0.15) is 5.00 Å². The van der Waals surface area contributed by atoms with E-state index in [0.717, 1.165) is 47.3 Å². The van der Waals surface area contributed by atoms with Crippen molar-refractivity contribution < 1.29 is 22.7 Å². The second-order valence-corrected chi connectivity index (χ2v) is 13.3. The fourth-order valence-electron chi connectivity index (χ4n) is 5.26. The van der Waals surface area contributed by atoms with Crippen LogP contribution in [0.3, 0.4) is 0 Å². The predicted molar refractivity (Wildman–Crippen MR) is 157 cm³/mol. The highest BCUT2D eigenvalue weighted by Crippen LogP contribution is 2.38. The topological polar surface area (TPSA) is 96.0 Å². The van der Waals surface area contributed by atoms with Crippen molar-refractivity contribution in [3.8, 4) is 0 Å². The average Bonchev–Trinajstić information content (AvgIpc) is 3.32. The van der Waals surface area contributed by atoms with Crippen LogP contribution in [0.4, 0.5) is 5.00 Å². The third-order valence-electron chi connectivity index (χ3n) is 7.49. The largest absolute Gasteiger partial charge is 0.462 e. The number of carbonyl (C=O) groups is 2. The van der Waals surface area contributed by atoms with Gasteiger partial charge >= 0.3 is 5.97 Å². The van der Waals surface area contributed by atoms with E-state index >= 15 is 0 Å². The Labute approximate surface area is 240 Å². The molecule has 1 N–H and O–H groups in total. The molecule has 10 heteroatoms. The van der Waals surface area contributed by atoms with Crippen molar-refractivity contribution in [2.24, 2.45) is 0 Å². The van der Waals surface area contributed by atoms with E-state index in [1.807, 2.05) is 31.2 Å². The van der Waals surface area contributed by atoms with E-state index in [2.05, 4.69) is 10.2 Å². The number of nitrogens with zero attached hydrogens (tertiary/aromatic N) is 2. The SMILES string of the molecule is CCOC(=O)c1c(NC(=O)c2ccc(CN3CCN(S(=O)(=O)c4ccc(C)cc4)CC3)cc2)sc2c1CCCC2. The van der Waals surface area contributed by atoms with E-state index in [0.29, 0.717) is 53.7 Å². The van der Waals surface area contributed by atoms with Gasteiger partial charge in [0, 0.05) is 43.2 Å². The molecule has 40 heavy (non-hydrogen) atoms. The monoisotopic (exact) mass is 581 g/mol. The maximum absolute atomic E-state index is 13.1. The van der Waals surface area contributed by atoms with Crippen molar-refractivity contribution in [1.82, 2.24) is 9.21 Å². The van der Waals surface area contributed by atoms with Crippen LogP contribution in [0, 0.1) is 6.92 Å². The quantitative estimate of drug-likeness (QED) is 0.382. The van der Waals surface area contributed by atoms with E-state index in [4.69, 9.17) is 4.74 Å². The number of sulfonamides is 1. The summed E-state index contributed by atoms with van der Waals surface area (Å²) < 4.78 is 32.8. The van der Waals surface area contributed by atoms with Crippen LogP contribution in [0.5, 0.6) is 0 Å². The molecule has 1 amide bonds. The third-order valence-corrected chi connectivity index (χ3v) is 10.6. The van der Waals surface area contributed by atoms with Gasteiger partial charge in [-0.1, -0.05) is 29.8 Å².